The van der Waals surface area contributed by atoms with Crippen LogP contribution in [0.2, 0.25) is 0 Å². The molecule has 0 bridgehead atoms. The molecule has 0 aliphatic carbocycles. The van der Waals surface area contributed by atoms with E-state index in [1.165, 1.54) is 42.7 Å². The summed E-state index contributed by atoms with van der Waals surface area (Å²) in [4.78, 5) is 11.4. The van der Waals surface area contributed by atoms with Crippen LogP contribution in [0.5, 0.6) is 0 Å². The Morgan fingerprint density at radius 2 is 1.80 bits per heavy atom. The fraction of sp³-hybridized carbons (Fsp3) is 0.462. The highest BCUT2D eigenvalue weighted by Gasteiger charge is 2.20. The number of nitrogens with zero attached hydrogens (tertiary/aromatic N) is 1. The van der Waals surface area contributed by atoms with Gasteiger partial charge in [0.05, 0.1) is 17.6 Å². The fourth-order valence-corrected chi connectivity index (χ4v) is 2.82. The Morgan fingerprint density at radius 1 is 1.20 bits per heavy atom. The summed E-state index contributed by atoms with van der Waals surface area (Å²) in [5.74, 6) is -0.498. The molecule has 0 saturated heterocycles. The highest BCUT2D eigenvalue weighted by molar-refractivity contribution is 7.89. The van der Waals surface area contributed by atoms with Gasteiger partial charge in [-0.3, -0.25) is 0 Å². The van der Waals surface area contributed by atoms with Crippen molar-refractivity contribution < 1.29 is 22.7 Å². The molecule has 0 heterocycles. The van der Waals surface area contributed by atoms with E-state index in [9.17, 15) is 13.2 Å². The standard InChI is InChI=1S/C13H19NO5S/c1-14(9-4-10-18-2)20(16,17)12-7-5-11(6-8-12)13(15)19-3/h5-8H,4,9-10H2,1-3H3. The van der Waals surface area contributed by atoms with Crippen molar-refractivity contribution in [3.8, 4) is 0 Å². The van der Waals surface area contributed by atoms with Gasteiger partial charge in [0, 0.05) is 27.3 Å². The van der Waals surface area contributed by atoms with E-state index in [0.29, 0.717) is 25.1 Å². The first-order valence-corrected chi connectivity index (χ1v) is 7.51. The zero-order valence-electron chi connectivity index (χ0n) is 11.8. The minimum absolute atomic E-state index is 0.144. The van der Waals surface area contributed by atoms with Crippen molar-refractivity contribution in [3.05, 3.63) is 29.8 Å². The van der Waals surface area contributed by atoms with Crippen LogP contribution in [0, 0.1) is 0 Å². The second kappa shape index (κ2) is 7.37. The van der Waals surface area contributed by atoms with Gasteiger partial charge in [-0.05, 0) is 30.7 Å². The van der Waals surface area contributed by atoms with Gasteiger partial charge in [-0.25, -0.2) is 17.5 Å². The summed E-state index contributed by atoms with van der Waals surface area (Å²) in [7, 11) is 0.814. The van der Waals surface area contributed by atoms with E-state index < -0.39 is 16.0 Å². The first-order valence-electron chi connectivity index (χ1n) is 6.07. The predicted molar refractivity (Wildman–Crippen MR) is 74.1 cm³/mol. The molecule has 0 aliphatic heterocycles. The van der Waals surface area contributed by atoms with Crippen LogP contribution < -0.4 is 0 Å². The summed E-state index contributed by atoms with van der Waals surface area (Å²) >= 11 is 0. The molecule has 0 spiro atoms. The molecule has 0 aromatic heterocycles. The quantitative estimate of drug-likeness (QED) is 0.557. The molecule has 0 fully saturated rings. The molecule has 0 saturated carbocycles. The molecule has 0 aliphatic rings. The minimum Gasteiger partial charge on any atom is -0.465 e. The lowest BCUT2D eigenvalue weighted by Gasteiger charge is -2.17. The molecule has 0 radical (unpaired) electrons. The third-order valence-corrected chi connectivity index (χ3v) is 4.68. The van der Waals surface area contributed by atoms with E-state index in [4.69, 9.17) is 4.74 Å². The molecule has 0 atom stereocenters. The number of methoxy groups -OCH3 is 2. The molecule has 6 nitrogen and oxygen atoms in total. The molecule has 7 heteroatoms. The van der Waals surface area contributed by atoms with Gasteiger partial charge >= 0.3 is 5.97 Å². The Balaban J connectivity index is 2.84. The minimum atomic E-state index is -3.54. The number of carbonyl (C=O) groups is 1. The summed E-state index contributed by atoms with van der Waals surface area (Å²) in [6.45, 7) is 0.871. The summed E-state index contributed by atoms with van der Waals surface area (Å²) in [6.07, 6.45) is 0.618. The zero-order chi connectivity index (χ0) is 15.2. The fourth-order valence-electron chi connectivity index (χ4n) is 1.61. The predicted octanol–water partition coefficient (Wildman–Crippen LogP) is 1.13. The molecule has 0 amide bonds. The number of rotatable bonds is 7. The second-order valence-corrected chi connectivity index (χ2v) is 6.23. The van der Waals surface area contributed by atoms with Crippen molar-refractivity contribution in [2.45, 2.75) is 11.3 Å². The zero-order valence-corrected chi connectivity index (χ0v) is 12.6. The number of hydrogen-bond donors (Lipinski definition) is 0. The van der Waals surface area contributed by atoms with Crippen molar-refractivity contribution in [1.82, 2.24) is 4.31 Å². The normalized spacial score (nSPS) is 11.6. The third kappa shape index (κ3) is 4.03. The van der Waals surface area contributed by atoms with Crippen molar-refractivity contribution in [2.24, 2.45) is 0 Å². The molecule has 0 N–H and O–H groups in total. The summed E-state index contributed by atoms with van der Waals surface area (Å²) in [5.41, 5.74) is 0.313. The number of benzene rings is 1. The lowest BCUT2D eigenvalue weighted by molar-refractivity contribution is 0.0600. The monoisotopic (exact) mass is 301 g/mol. The number of carbonyl (C=O) groups excluding carboxylic acids is 1. The number of ether oxygens (including phenoxy) is 2. The first-order chi connectivity index (χ1) is 9.43. The van der Waals surface area contributed by atoms with Crippen LogP contribution >= 0.6 is 0 Å². The van der Waals surface area contributed by atoms with Gasteiger partial charge in [-0.15, -0.1) is 0 Å². The summed E-state index contributed by atoms with van der Waals surface area (Å²) < 4.78 is 35.2. The maximum atomic E-state index is 12.2. The van der Waals surface area contributed by atoms with Crippen molar-refractivity contribution >= 4 is 16.0 Å². The van der Waals surface area contributed by atoms with Crippen LogP contribution in [0.1, 0.15) is 16.8 Å². The molecular formula is C13H19NO5S. The topological polar surface area (TPSA) is 72.9 Å². The Bertz CT molecular complexity index is 538. The highest BCUT2D eigenvalue weighted by Crippen LogP contribution is 2.15. The maximum absolute atomic E-state index is 12.2. The van der Waals surface area contributed by atoms with Gasteiger partial charge in [0.15, 0.2) is 0 Å². The molecule has 1 aromatic rings. The van der Waals surface area contributed by atoms with Gasteiger partial charge in [0.1, 0.15) is 0 Å². The van der Waals surface area contributed by atoms with Crippen LogP contribution in [-0.4, -0.2) is 53.1 Å². The highest BCUT2D eigenvalue weighted by atomic mass is 32.2. The average Bonchev–Trinajstić information content (AvgIpc) is 2.46. The Hall–Kier alpha value is -1.44. The molecular weight excluding hydrogens is 282 g/mol. The molecule has 0 unspecified atom stereocenters. The van der Waals surface area contributed by atoms with E-state index in [2.05, 4.69) is 4.74 Å². The average molecular weight is 301 g/mol. The Kier molecular flexibility index (Phi) is 6.12. The summed E-state index contributed by atoms with van der Waals surface area (Å²) in [5, 5.41) is 0. The molecule has 20 heavy (non-hydrogen) atoms. The van der Waals surface area contributed by atoms with E-state index in [1.54, 1.807) is 7.11 Å². The number of esters is 1. The third-order valence-electron chi connectivity index (χ3n) is 2.81. The van der Waals surface area contributed by atoms with Crippen LogP contribution in [0.4, 0.5) is 0 Å². The van der Waals surface area contributed by atoms with E-state index >= 15 is 0 Å². The SMILES string of the molecule is COCCCN(C)S(=O)(=O)c1ccc(C(=O)OC)cc1. The molecule has 112 valence electrons. The lowest BCUT2D eigenvalue weighted by Crippen LogP contribution is -2.28. The van der Waals surface area contributed by atoms with E-state index in [1.807, 2.05) is 0 Å². The number of sulfonamides is 1. The Labute approximate surface area is 119 Å². The van der Waals surface area contributed by atoms with Crippen molar-refractivity contribution in [3.63, 3.8) is 0 Å². The smallest absolute Gasteiger partial charge is 0.337 e. The second-order valence-electron chi connectivity index (χ2n) is 4.19. The van der Waals surface area contributed by atoms with Crippen molar-refractivity contribution in [2.75, 3.05) is 34.4 Å². The van der Waals surface area contributed by atoms with Crippen LogP contribution in [0.3, 0.4) is 0 Å². The number of hydrogen-bond acceptors (Lipinski definition) is 5. The van der Waals surface area contributed by atoms with Gasteiger partial charge < -0.3 is 9.47 Å². The van der Waals surface area contributed by atoms with Gasteiger partial charge in [0.25, 0.3) is 0 Å². The van der Waals surface area contributed by atoms with Crippen LogP contribution in [0.25, 0.3) is 0 Å². The largest absolute Gasteiger partial charge is 0.465 e. The summed E-state index contributed by atoms with van der Waals surface area (Å²) in [6, 6.07) is 5.66. The van der Waals surface area contributed by atoms with Crippen LogP contribution in [-0.2, 0) is 19.5 Å². The first kappa shape index (κ1) is 16.6. The van der Waals surface area contributed by atoms with Gasteiger partial charge in [-0.1, -0.05) is 0 Å². The van der Waals surface area contributed by atoms with E-state index in [-0.39, 0.29) is 4.90 Å². The van der Waals surface area contributed by atoms with Crippen molar-refractivity contribution in [1.29, 1.82) is 0 Å². The van der Waals surface area contributed by atoms with Gasteiger partial charge in [0.2, 0.25) is 10.0 Å². The lowest BCUT2D eigenvalue weighted by atomic mass is 10.2. The van der Waals surface area contributed by atoms with Crippen LogP contribution in [0.15, 0.2) is 29.2 Å². The molecule has 1 rings (SSSR count). The van der Waals surface area contributed by atoms with Gasteiger partial charge in [-0.2, -0.15) is 0 Å². The molecule has 1 aromatic carbocycles. The van der Waals surface area contributed by atoms with E-state index in [0.717, 1.165) is 0 Å². The Morgan fingerprint density at radius 3 is 2.30 bits per heavy atom. The maximum Gasteiger partial charge on any atom is 0.337 e.